The number of hydrogen-bond donors (Lipinski definition) is 2. The highest BCUT2D eigenvalue weighted by Crippen LogP contribution is 2.43. The van der Waals surface area contributed by atoms with Gasteiger partial charge in [-0.05, 0) is 47.5 Å². The molecule has 1 aliphatic heterocycles. The van der Waals surface area contributed by atoms with Gasteiger partial charge in [0, 0.05) is 16.3 Å². The smallest absolute Gasteiger partial charge is 0.307 e. The molecule has 1 saturated heterocycles. The van der Waals surface area contributed by atoms with Crippen LogP contribution in [-0.4, -0.2) is 35.0 Å². The molecule has 3 aromatic carbocycles. The number of carboxylic acid groups (broad SMARTS) is 1. The standard InChI is InChI=1S/C26H20ClNO6/c1-34-20-7-3-4-16(14-20)23-22(24(31)17-5-2-6-18(27)13-17)25(32)26(33)28(23)19-10-8-15(9-11-19)12-21(29)30/h2-11,13-14,23,31H,12H2,1H3,(H,29,30)/b24-22-. The third-order valence-corrected chi connectivity index (χ3v) is 5.76. The number of carboxylic acids is 1. The van der Waals surface area contributed by atoms with Crippen molar-refractivity contribution >= 4 is 40.7 Å². The quantitative estimate of drug-likeness (QED) is 0.305. The Balaban J connectivity index is 1.90. The first-order valence-electron chi connectivity index (χ1n) is 10.3. The van der Waals surface area contributed by atoms with Crippen LogP contribution < -0.4 is 9.64 Å². The molecule has 0 spiro atoms. The van der Waals surface area contributed by atoms with Crippen LogP contribution in [0.1, 0.15) is 22.7 Å². The van der Waals surface area contributed by atoms with E-state index < -0.39 is 23.7 Å². The Labute approximate surface area is 200 Å². The lowest BCUT2D eigenvalue weighted by atomic mass is 9.95. The number of halogens is 1. The van der Waals surface area contributed by atoms with E-state index in [0.29, 0.717) is 33.1 Å². The summed E-state index contributed by atoms with van der Waals surface area (Å²) in [6.45, 7) is 0. The molecule has 1 fully saturated rings. The maximum Gasteiger partial charge on any atom is 0.307 e. The van der Waals surface area contributed by atoms with Gasteiger partial charge in [-0.15, -0.1) is 0 Å². The molecular weight excluding hydrogens is 458 g/mol. The first kappa shape index (κ1) is 23.1. The van der Waals surface area contributed by atoms with Gasteiger partial charge in [-0.2, -0.15) is 0 Å². The summed E-state index contributed by atoms with van der Waals surface area (Å²) in [7, 11) is 1.50. The van der Waals surface area contributed by atoms with Crippen molar-refractivity contribution in [3.63, 3.8) is 0 Å². The monoisotopic (exact) mass is 477 g/mol. The van der Waals surface area contributed by atoms with E-state index in [1.54, 1.807) is 66.7 Å². The lowest BCUT2D eigenvalue weighted by Gasteiger charge is -2.26. The molecule has 1 amide bonds. The molecule has 0 aliphatic carbocycles. The Hall–Kier alpha value is -4.10. The Morgan fingerprint density at radius 2 is 1.71 bits per heavy atom. The summed E-state index contributed by atoms with van der Waals surface area (Å²) in [6.07, 6.45) is -0.173. The van der Waals surface area contributed by atoms with Gasteiger partial charge in [0.1, 0.15) is 11.5 Å². The first-order valence-corrected chi connectivity index (χ1v) is 10.7. The van der Waals surface area contributed by atoms with Gasteiger partial charge in [0.2, 0.25) is 0 Å². The van der Waals surface area contributed by atoms with E-state index in [-0.39, 0.29) is 17.8 Å². The number of rotatable bonds is 6. The highest BCUT2D eigenvalue weighted by Gasteiger charge is 2.47. The summed E-state index contributed by atoms with van der Waals surface area (Å²) >= 11 is 6.07. The Morgan fingerprint density at radius 3 is 2.35 bits per heavy atom. The van der Waals surface area contributed by atoms with Crippen molar-refractivity contribution in [1.29, 1.82) is 0 Å². The summed E-state index contributed by atoms with van der Waals surface area (Å²) in [5.41, 5.74) is 1.70. The van der Waals surface area contributed by atoms with Crippen LogP contribution >= 0.6 is 11.6 Å². The van der Waals surface area contributed by atoms with E-state index in [9.17, 15) is 19.5 Å². The molecule has 8 heteroatoms. The molecule has 1 aliphatic rings. The Bertz CT molecular complexity index is 1310. The van der Waals surface area contributed by atoms with E-state index in [2.05, 4.69) is 0 Å². The zero-order valence-corrected chi connectivity index (χ0v) is 18.8. The number of Topliss-reactive ketones (excluding diaryl/α,β-unsaturated/α-hetero) is 1. The van der Waals surface area contributed by atoms with Gasteiger partial charge < -0.3 is 14.9 Å². The molecule has 1 atom stereocenters. The van der Waals surface area contributed by atoms with Crippen LogP contribution in [0.5, 0.6) is 5.75 Å². The number of anilines is 1. The lowest BCUT2D eigenvalue weighted by Crippen LogP contribution is -2.29. The molecule has 0 saturated carbocycles. The van der Waals surface area contributed by atoms with Crippen molar-refractivity contribution in [2.24, 2.45) is 0 Å². The van der Waals surface area contributed by atoms with Crippen LogP contribution in [0, 0.1) is 0 Å². The van der Waals surface area contributed by atoms with Gasteiger partial charge in [-0.25, -0.2) is 0 Å². The van der Waals surface area contributed by atoms with Gasteiger partial charge in [-0.1, -0.05) is 48.0 Å². The highest BCUT2D eigenvalue weighted by atomic mass is 35.5. The number of ether oxygens (including phenoxy) is 1. The van der Waals surface area contributed by atoms with Crippen molar-refractivity contribution < 1.29 is 29.3 Å². The molecule has 7 nitrogen and oxygen atoms in total. The molecule has 1 unspecified atom stereocenters. The maximum absolute atomic E-state index is 13.2. The van der Waals surface area contributed by atoms with E-state index in [4.69, 9.17) is 21.4 Å². The van der Waals surface area contributed by atoms with Gasteiger partial charge >= 0.3 is 5.97 Å². The fraction of sp³-hybridized carbons (Fsp3) is 0.115. The molecule has 0 bridgehead atoms. The van der Waals surface area contributed by atoms with Crippen LogP contribution in [0.2, 0.25) is 5.02 Å². The maximum atomic E-state index is 13.2. The topological polar surface area (TPSA) is 104 Å². The number of aliphatic carboxylic acids is 1. The summed E-state index contributed by atoms with van der Waals surface area (Å²) in [5, 5.41) is 20.5. The highest BCUT2D eigenvalue weighted by molar-refractivity contribution is 6.51. The Kier molecular flexibility index (Phi) is 6.38. The number of hydrogen-bond acceptors (Lipinski definition) is 5. The number of carbonyl (C=O) groups excluding carboxylic acids is 2. The normalized spacial score (nSPS) is 17.1. The number of ketones is 1. The average Bonchev–Trinajstić information content (AvgIpc) is 3.09. The van der Waals surface area contributed by atoms with Gasteiger partial charge in [-0.3, -0.25) is 19.3 Å². The van der Waals surface area contributed by atoms with Crippen molar-refractivity contribution in [1.82, 2.24) is 0 Å². The van der Waals surface area contributed by atoms with Crippen LogP contribution in [-0.2, 0) is 20.8 Å². The molecule has 2 N–H and O–H groups in total. The van der Waals surface area contributed by atoms with Crippen molar-refractivity contribution in [2.45, 2.75) is 12.5 Å². The molecule has 1 heterocycles. The van der Waals surface area contributed by atoms with Crippen molar-refractivity contribution in [3.05, 3.63) is 100 Å². The van der Waals surface area contributed by atoms with Gasteiger partial charge in [0.15, 0.2) is 0 Å². The third kappa shape index (κ3) is 4.38. The van der Waals surface area contributed by atoms with Crippen LogP contribution in [0.25, 0.3) is 5.76 Å². The van der Waals surface area contributed by atoms with Gasteiger partial charge in [0.05, 0.1) is 25.1 Å². The zero-order chi connectivity index (χ0) is 24.4. The van der Waals surface area contributed by atoms with E-state index in [0.717, 1.165) is 0 Å². The molecular formula is C26H20ClNO6. The average molecular weight is 478 g/mol. The molecule has 0 aromatic heterocycles. The molecule has 0 radical (unpaired) electrons. The number of benzene rings is 3. The van der Waals surface area contributed by atoms with Crippen molar-refractivity contribution in [2.75, 3.05) is 12.0 Å². The number of methoxy groups -OCH3 is 1. The van der Waals surface area contributed by atoms with E-state index >= 15 is 0 Å². The SMILES string of the molecule is COc1cccc(C2/C(=C(/O)c3cccc(Cl)c3)C(=O)C(=O)N2c2ccc(CC(=O)O)cc2)c1. The lowest BCUT2D eigenvalue weighted by molar-refractivity contribution is -0.136. The van der Waals surface area contributed by atoms with Crippen LogP contribution in [0.3, 0.4) is 0 Å². The number of aliphatic hydroxyl groups is 1. The number of amides is 1. The minimum atomic E-state index is -0.980. The predicted octanol–water partition coefficient (Wildman–Crippen LogP) is 4.60. The summed E-state index contributed by atoms with van der Waals surface area (Å²) in [6, 6.07) is 18.6. The zero-order valence-electron chi connectivity index (χ0n) is 18.1. The second-order valence-electron chi connectivity index (χ2n) is 7.69. The van der Waals surface area contributed by atoms with E-state index in [1.807, 2.05) is 0 Å². The molecule has 4 rings (SSSR count). The Morgan fingerprint density at radius 1 is 1.00 bits per heavy atom. The van der Waals surface area contributed by atoms with Crippen LogP contribution in [0.15, 0.2) is 78.4 Å². The molecule has 172 valence electrons. The molecule has 34 heavy (non-hydrogen) atoms. The second kappa shape index (κ2) is 9.41. The van der Waals surface area contributed by atoms with Crippen LogP contribution in [0.4, 0.5) is 5.69 Å². The minimum absolute atomic E-state index is 0.0878. The first-order chi connectivity index (χ1) is 16.3. The summed E-state index contributed by atoms with van der Waals surface area (Å²) < 4.78 is 5.32. The molecule has 3 aromatic rings. The third-order valence-electron chi connectivity index (χ3n) is 5.52. The fourth-order valence-corrected chi connectivity index (χ4v) is 4.16. The summed E-state index contributed by atoms with van der Waals surface area (Å²) in [4.78, 5) is 38.7. The van der Waals surface area contributed by atoms with Gasteiger partial charge in [0.25, 0.3) is 11.7 Å². The number of nitrogens with zero attached hydrogens (tertiary/aromatic N) is 1. The summed E-state index contributed by atoms with van der Waals surface area (Å²) in [5.74, 6) is -2.48. The minimum Gasteiger partial charge on any atom is -0.507 e. The predicted molar refractivity (Wildman–Crippen MR) is 127 cm³/mol. The largest absolute Gasteiger partial charge is 0.507 e. The number of aliphatic hydroxyl groups excluding tert-OH is 1. The van der Waals surface area contributed by atoms with Crippen molar-refractivity contribution in [3.8, 4) is 5.75 Å². The fourth-order valence-electron chi connectivity index (χ4n) is 3.97. The number of carbonyl (C=O) groups is 3. The van der Waals surface area contributed by atoms with E-state index in [1.165, 1.54) is 18.1 Å². The second-order valence-corrected chi connectivity index (χ2v) is 8.13.